The topological polar surface area (TPSA) is 38.9 Å². The van der Waals surface area contributed by atoms with E-state index in [0.717, 1.165) is 10.2 Å². The third-order valence-corrected chi connectivity index (χ3v) is 1.77. The fourth-order valence-corrected chi connectivity index (χ4v) is 0.984. The van der Waals surface area contributed by atoms with E-state index >= 15 is 0 Å². The summed E-state index contributed by atoms with van der Waals surface area (Å²) in [5.41, 5.74) is 6.42. The molecule has 0 aliphatic heterocycles. The molecule has 1 aromatic heterocycles. The van der Waals surface area contributed by atoms with Crippen LogP contribution < -0.4 is 5.73 Å². The molecule has 0 aromatic carbocycles. The Morgan fingerprint density at radius 3 is 2.45 bits per heavy atom. The molecule has 0 radical (unpaired) electrons. The van der Waals surface area contributed by atoms with Crippen LogP contribution in [-0.2, 0) is 6.54 Å². The van der Waals surface area contributed by atoms with Crippen LogP contribution >= 0.6 is 40.7 Å². The van der Waals surface area contributed by atoms with Crippen LogP contribution in [0.1, 0.15) is 5.56 Å². The zero-order chi connectivity index (χ0) is 6.69. The van der Waals surface area contributed by atoms with Crippen LogP contribution in [0.15, 0.2) is 22.9 Å². The van der Waals surface area contributed by atoms with Gasteiger partial charge in [-0.25, -0.2) is 4.98 Å². The van der Waals surface area contributed by atoms with Crippen molar-refractivity contribution in [2.24, 2.45) is 5.73 Å². The van der Waals surface area contributed by atoms with Crippen molar-refractivity contribution in [3.05, 3.63) is 28.5 Å². The summed E-state index contributed by atoms with van der Waals surface area (Å²) in [6, 6.07) is 3.81. The number of hydrogen-bond donors (Lipinski definition) is 1. The maximum absolute atomic E-state index is 5.38. The summed E-state index contributed by atoms with van der Waals surface area (Å²) in [5, 5.41) is 0. The Morgan fingerprint density at radius 2 is 2.09 bits per heavy atom. The van der Waals surface area contributed by atoms with Gasteiger partial charge in [-0.3, -0.25) is 0 Å². The highest BCUT2D eigenvalue weighted by molar-refractivity contribution is 9.10. The lowest BCUT2D eigenvalue weighted by Gasteiger charge is -1.95. The van der Waals surface area contributed by atoms with Gasteiger partial charge in [-0.2, -0.15) is 0 Å². The molecule has 0 bridgehead atoms. The van der Waals surface area contributed by atoms with Crippen LogP contribution in [0.2, 0.25) is 0 Å². The van der Waals surface area contributed by atoms with Crippen LogP contribution in [0.3, 0.4) is 0 Å². The minimum absolute atomic E-state index is 0. The molecule has 0 saturated heterocycles. The zero-order valence-electron chi connectivity index (χ0n) is 5.66. The van der Waals surface area contributed by atoms with Crippen molar-refractivity contribution < 1.29 is 0 Å². The fourth-order valence-electron chi connectivity index (χ4n) is 0.572. The Hall–Kier alpha value is 0.170. The van der Waals surface area contributed by atoms with E-state index in [2.05, 4.69) is 20.9 Å². The minimum atomic E-state index is 0. The molecule has 0 aliphatic rings. The minimum Gasteiger partial charge on any atom is -0.326 e. The number of halogens is 3. The van der Waals surface area contributed by atoms with Crippen LogP contribution in [0.25, 0.3) is 0 Å². The number of aromatic nitrogens is 1. The lowest BCUT2D eigenvalue weighted by molar-refractivity contribution is 1.03. The van der Waals surface area contributed by atoms with Crippen LogP contribution in [0.4, 0.5) is 0 Å². The molecule has 11 heavy (non-hydrogen) atoms. The molecule has 0 amide bonds. The maximum atomic E-state index is 5.38. The SMILES string of the molecule is Cl.Cl.NCc1cccnc1Br. The Labute approximate surface area is 86.5 Å². The molecule has 0 atom stereocenters. The van der Waals surface area contributed by atoms with E-state index in [1.54, 1.807) is 6.20 Å². The first-order chi connectivity index (χ1) is 4.34. The molecule has 64 valence electrons. The van der Waals surface area contributed by atoms with E-state index in [4.69, 9.17) is 5.73 Å². The summed E-state index contributed by atoms with van der Waals surface area (Å²) in [7, 11) is 0. The van der Waals surface area contributed by atoms with Gasteiger partial charge in [-0.15, -0.1) is 24.8 Å². The molecular formula is C6H9BrCl2N2. The fraction of sp³-hybridized carbons (Fsp3) is 0.167. The second kappa shape index (κ2) is 6.85. The molecule has 0 fully saturated rings. The number of pyridine rings is 1. The van der Waals surface area contributed by atoms with Gasteiger partial charge in [0.1, 0.15) is 4.60 Å². The van der Waals surface area contributed by atoms with Gasteiger partial charge >= 0.3 is 0 Å². The Bertz CT molecular complexity index is 208. The molecular weight excluding hydrogens is 251 g/mol. The Balaban J connectivity index is 0. The van der Waals surface area contributed by atoms with Crippen molar-refractivity contribution >= 4 is 40.7 Å². The summed E-state index contributed by atoms with van der Waals surface area (Å²) in [6.45, 7) is 0.536. The van der Waals surface area contributed by atoms with E-state index in [9.17, 15) is 0 Å². The van der Waals surface area contributed by atoms with E-state index in [0.29, 0.717) is 6.54 Å². The quantitative estimate of drug-likeness (QED) is 0.785. The molecule has 0 aliphatic carbocycles. The van der Waals surface area contributed by atoms with Crippen molar-refractivity contribution in [3.63, 3.8) is 0 Å². The smallest absolute Gasteiger partial charge is 0.110 e. The van der Waals surface area contributed by atoms with Crippen molar-refractivity contribution in [1.82, 2.24) is 4.98 Å². The van der Waals surface area contributed by atoms with Crippen molar-refractivity contribution in [1.29, 1.82) is 0 Å². The molecule has 2 nitrogen and oxygen atoms in total. The first kappa shape index (κ1) is 13.7. The highest BCUT2D eigenvalue weighted by atomic mass is 79.9. The lowest BCUT2D eigenvalue weighted by atomic mass is 10.3. The average Bonchev–Trinajstić information content (AvgIpc) is 1.89. The first-order valence-corrected chi connectivity index (χ1v) is 3.43. The van der Waals surface area contributed by atoms with Gasteiger partial charge in [0.15, 0.2) is 0 Å². The first-order valence-electron chi connectivity index (χ1n) is 2.64. The third kappa shape index (κ3) is 3.91. The maximum Gasteiger partial charge on any atom is 0.110 e. The van der Waals surface area contributed by atoms with Gasteiger partial charge in [0, 0.05) is 12.7 Å². The number of nitrogens with zero attached hydrogens (tertiary/aromatic N) is 1. The van der Waals surface area contributed by atoms with Gasteiger partial charge in [0.25, 0.3) is 0 Å². The van der Waals surface area contributed by atoms with Gasteiger partial charge in [-0.05, 0) is 27.6 Å². The normalized spacial score (nSPS) is 7.82. The summed E-state index contributed by atoms with van der Waals surface area (Å²) in [6.07, 6.45) is 1.73. The summed E-state index contributed by atoms with van der Waals surface area (Å²) in [4.78, 5) is 3.99. The largest absolute Gasteiger partial charge is 0.326 e. The van der Waals surface area contributed by atoms with Crippen molar-refractivity contribution in [2.75, 3.05) is 0 Å². The molecule has 0 unspecified atom stereocenters. The van der Waals surface area contributed by atoms with Crippen molar-refractivity contribution in [3.8, 4) is 0 Å². The van der Waals surface area contributed by atoms with E-state index < -0.39 is 0 Å². The lowest BCUT2D eigenvalue weighted by Crippen LogP contribution is -1.97. The molecule has 1 rings (SSSR count). The summed E-state index contributed by atoms with van der Waals surface area (Å²) < 4.78 is 0.840. The van der Waals surface area contributed by atoms with Crippen molar-refractivity contribution in [2.45, 2.75) is 6.54 Å². The third-order valence-electron chi connectivity index (χ3n) is 1.06. The van der Waals surface area contributed by atoms with Gasteiger partial charge in [0.2, 0.25) is 0 Å². The second-order valence-electron chi connectivity index (χ2n) is 1.66. The molecule has 5 heteroatoms. The molecule has 2 N–H and O–H groups in total. The second-order valence-corrected chi connectivity index (χ2v) is 2.41. The predicted octanol–water partition coefficient (Wildman–Crippen LogP) is 2.15. The average molecular weight is 260 g/mol. The van der Waals surface area contributed by atoms with Gasteiger partial charge in [-0.1, -0.05) is 6.07 Å². The predicted molar refractivity (Wildman–Crippen MR) is 54.3 cm³/mol. The molecule has 1 aromatic rings. The number of nitrogens with two attached hydrogens (primary N) is 1. The van der Waals surface area contributed by atoms with E-state index in [1.807, 2.05) is 12.1 Å². The highest BCUT2D eigenvalue weighted by Gasteiger charge is 1.93. The Morgan fingerprint density at radius 1 is 1.45 bits per heavy atom. The van der Waals surface area contributed by atoms with Crippen LogP contribution in [0, 0.1) is 0 Å². The standard InChI is InChI=1S/C6H7BrN2.2ClH/c7-6-5(4-8)2-1-3-9-6;;/h1-3H,4,8H2;2*1H. The van der Waals surface area contributed by atoms with E-state index in [1.165, 1.54) is 0 Å². The highest BCUT2D eigenvalue weighted by Crippen LogP contribution is 2.10. The Kier molecular flexibility index (Phi) is 8.56. The molecule has 0 spiro atoms. The molecule has 1 heterocycles. The summed E-state index contributed by atoms with van der Waals surface area (Å²) in [5.74, 6) is 0. The number of rotatable bonds is 1. The monoisotopic (exact) mass is 258 g/mol. The zero-order valence-corrected chi connectivity index (χ0v) is 8.88. The summed E-state index contributed by atoms with van der Waals surface area (Å²) >= 11 is 3.27. The van der Waals surface area contributed by atoms with Crippen LogP contribution in [-0.4, -0.2) is 4.98 Å². The number of hydrogen-bond acceptors (Lipinski definition) is 2. The van der Waals surface area contributed by atoms with E-state index in [-0.39, 0.29) is 24.8 Å². The van der Waals surface area contributed by atoms with Crippen LogP contribution in [0.5, 0.6) is 0 Å². The van der Waals surface area contributed by atoms with Gasteiger partial charge in [0.05, 0.1) is 0 Å². The molecule has 0 saturated carbocycles. The van der Waals surface area contributed by atoms with Gasteiger partial charge < -0.3 is 5.73 Å².